The second-order valence-electron chi connectivity index (χ2n) is 3.58. The molecule has 1 heterocycles. The van der Waals surface area contributed by atoms with E-state index in [0.29, 0.717) is 12.6 Å². The molecule has 1 aromatic rings. The third-order valence-electron chi connectivity index (χ3n) is 2.28. The molecule has 0 aromatic carbocycles. The normalized spacial score (nSPS) is 15.6. The summed E-state index contributed by atoms with van der Waals surface area (Å²) in [5.41, 5.74) is 0.982. The summed E-state index contributed by atoms with van der Waals surface area (Å²) in [5.74, 6) is 0.0474. The van der Waals surface area contributed by atoms with E-state index in [2.05, 4.69) is 26.3 Å². The number of nitrogens with zero attached hydrogens (tertiary/aromatic N) is 2. The first-order valence-electron chi connectivity index (χ1n) is 4.64. The lowest BCUT2D eigenvalue weighted by Crippen LogP contribution is -2.29. The topological polar surface area (TPSA) is 46.9 Å². The Labute approximate surface area is 90.8 Å². The predicted octanol–water partition coefficient (Wildman–Crippen LogP) is 1.23. The first-order valence-corrected chi connectivity index (χ1v) is 5.43. The Morgan fingerprint density at radius 2 is 2.50 bits per heavy atom. The molecule has 0 atom stereocenters. The molecule has 1 N–H and O–H groups in total. The summed E-state index contributed by atoms with van der Waals surface area (Å²) in [4.78, 5) is 11.4. The highest BCUT2D eigenvalue weighted by molar-refractivity contribution is 9.10. The molecule has 1 amide bonds. The van der Waals surface area contributed by atoms with Gasteiger partial charge < -0.3 is 5.32 Å². The van der Waals surface area contributed by atoms with Crippen LogP contribution in [-0.2, 0) is 11.3 Å². The Kier molecular flexibility index (Phi) is 2.58. The average molecular weight is 258 g/mol. The number of hydrogen-bond donors (Lipinski definition) is 1. The van der Waals surface area contributed by atoms with Crippen LogP contribution in [0.15, 0.2) is 10.7 Å². The zero-order valence-electron chi connectivity index (χ0n) is 7.96. The number of aromatic nitrogens is 2. The first kappa shape index (κ1) is 9.71. The van der Waals surface area contributed by atoms with Gasteiger partial charge in [-0.05, 0) is 35.7 Å². The van der Waals surface area contributed by atoms with E-state index in [4.69, 9.17) is 0 Å². The molecule has 2 rings (SSSR count). The molecule has 0 radical (unpaired) electrons. The fourth-order valence-electron chi connectivity index (χ4n) is 1.22. The highest BCUT2D eigenvalue weighted by Gasteiger charge is 2.23. The minimum Gasteiger partial charge on any atom is -0.352 e. The van der Waals surface area contributed by atoms with Gasteiger partial charge in [0.1, 0.15) is 6.54 Å². The Bertz CT molecular complexity index is 357. The maximum absolute atomic E-state index is 11.4. The summed E-state index contributed by atoms with van der Waals surface area (Å²) in [6.45, 7) is 2.25. The summed E-state index contributed by atoms with van der Waals surface area (Å²) in [7, 11) is 0. The number of halogens is 1. The standard InChI is InChI=1S/C9H12BrN3O/c1-6-8(10)4-11-13(6)5-9(14)12-7-2-3-7/h4,7H,2-3,5H2,1H3,(H,12,14). The molecule has 76 valence electrons. The lowest BCUT2D eigenvalue weighted by Gasteiger charge is -2.04. The van der Waals surface area contributed by atoms with Gasteiger partial charge in [0.2, 0.25) is 5.91 Å². The van der Waals surface area contributed by atoms with Crippen molar-refractivity contribution in [1.82, 2.24) is 15.1 Å². The number of carbonyl (C=O) groups is 1. The predicted molar refractivity (Wildman–Crippen MR) is 55.8 cm³/mol. The average Bonchev–Trinajstić information content (AvgIpc) is 2.89. The zero-order chi connectivity index (χ0) is 10.1. The molecule has 4 nitrogen and oxygen atoms in total. The van der Waals surface area contributed by atoms with Crippen LogP contribution in [0.5, 0.6) is 0 Å². The number of carbonyl (C=O) groups excluding carboxylic acids is 1. The fraction of sp³-hybridized carbons (Fsp3) is 0.556. The van der Waals surface area contributed by atoms with Crippen LogP contribution in [0.3, 0.4) is 0 Å². The summed E-state index contributed by atoms with van der Waals surface area (Å²) >= 11 is 3.35. The van der Waals surface area contributed by atoms with E-state index < -0.39 is 0 Å². The van der Waals surface area contributed by atoms with E-state index >= 15 is 0 Å². The third kappa shape index (κ3) is 2.15. The Morgan fingerprint density at radius 1 is 1.79 bits per heavy atom. The van der Waals surface area contributed by atoms with Crippen molar-refractivity contribution >= 4 is 21.8 Å². The molecule has 0 spiro atoms. The van der Waals surface area contributed by atoms with E-state index in [9.17, 15) is 4.79 Å². The summed E-state index contributed by atoms with van der Waals surface area (Å²) in [6.07, 6.45) is 3.95. The lowest BCUT2D eigenvalue weighted by molar-refractivity contribution is -0.122. The lowest BCUT2D eigenvalue weighted by atomic mass is 10.4. The van der Waals surface area contributed by atoms with E-state index in [1.807, 2.05) is 6.92 Å². The second-order valence-corrected chi connectivity index (χ2v) is 4.43. The molecule has 1 aliphatic carbocycles. The minimum atomic E-state index is 0.0474. The largest absolute Gasteiger partial charge is 0.352 e. The molecule has 14 heavy (non-hydrogen) atoms. The summed E-state index contributed by atoms with van der Waals surface area (Å²) in [5, 5.41) is 7.02. The molecule has 0 bridgehead atoms. The van der Waals surface area contributed by atoms with Gasteiger partial charge in [0, 0.05) is 6.04 Å². The summed E-state index contributed by atoms with van der Waals surface area (Å²) < 4.78 is 2.64. The molecule has 5 heteroatoms. The van der Waals surface area contributed by atoms with Crippen molar-refractivity contribution in [2.75, 3.05) is 0 Å². The van der Waals surface area contributed by atoms with Crippen LogP contribution in [0.25, 0.3) is 0 Å². The van der Waals surface area contributed by atoms with Crippen LogP contribution in [0.2, 0.25) is 0 Å². The number of amides is 1. The van der Waals surface area contributed by atoms with Gasteiger partial charge in [-0.15, -0.1) is 0 Å². The highest BCUT2D eigenvalue weighted by Crippen LogP contribution is 2.19. The van der Waals surface area contributed by atoms with Crippen LogP contribution in [-0.4, -0.2) is 21.7 Å². The zero-order valence-corrected chi connectivity index (χ0v) is 9.54. The van der Waals surface area contributed by atoms with Crippen molar-refractivity contribution in [2.45, 2.75) is 32.4 Å². The Morgan fingerprint density at radius 3 is 3.00 bits per heavy atom. The maximum Gasteiger partial charge on any atom is 0.241 e. The van der Waals surface area contributed by atoms with Crippen molar-refractivity contribution in [2.24, 2.45) is 0 Å². The smallest absolute Gasteiger partial charge is 0.241 e. The van der Waals surface area contributed by atoms with E-state index in [0.717, 1.165) is 23.0 Å². The highest BCUT2D eigenvalue weighted by atomic mass is 79.9. The number of nitrogens with one attached hydrogen (secondary N) is 1. The second kappa shape index (κ2) is 3.73. The van der Waals surface area contributed by atoms with Gasteiger partial charge in [-0.2, -0.15) is 5.10 Å². The van der Waals surface area contributed by atoms with Crippen LogP contribution in [0.4, 0.5) is 0 Å². The van der Waals surface area contributed by atoms with E-state index in [1.165, 1.54) is 0 Å². The van der Waals surface area contributed by atoms with Gasteiger partial charge in [0.05, 0.1) is 16.4 Å². The van der Waals surface area contributed by atoms with Crippen LogP contribution in [0.1, 0.15) is 18.5 Å². The third-order valence-corrected chi connectivity index (χ3v) is 3.06. The Balaban J connectivity index is 1.95. The van der Waals surface area contributed by atoms with Crippen LogP contribution in [0, 0.1) is 6.92 Å². The summed E-state index contributed by atoms with van der Waals surface area (Å²) in [6, 6.07) is 0.418. The monoisotopic (exact) mass is 257 g/mol. The van der Waals surface area contributed by atoms with Crippen molar-refractivity contribution in [3.05, 3.63) is 16.4 Å². The number of hydrogen-bond acceptors (Lipinski definition) is 2. The van der Waals surface area contributed by atoms with Gasteiger partial charge in [0.25, 0.3) is 0 Å². The van der Waals surface area contributed by atoms with Crippen molar-refractivity contribution in [1.29, 1.82) is 0 Å². The molecule has 1 aromatic heterocycles. The first-order chi connectivity index (χ1) is 6.66. The Hall–Kier alpha value is -0.840. The van der Waals surface area contributed by atoms with Gasteiger partial charge in [-0.25, -0.2) is 0 Å². The van der Waals surface area contributed by atoms with Gasteiger partial charge >= 0.3 is 0 Å². The molecule has 1 saturated carbocycles. The molecule has 0 saturated heterocycles. The van der Waals surface area contributed by atoms with Crippen molar-refractivity contribution < 1.29 is 4.79 Å². The van der Waals surface area contributed by atoms with Gasteiger partial charge in [0.15, 0.2) is 0 Å². The number of rotatable bonds is 3. The maximum atomic E-state index is 11.4. The molecule has 1 aliphatic rings. The fourth-order valence-corrected chi connectivity index (χ4v) is 1.52. The van der Waals surface area contributed by atoms with Crippen LogP contribution < -0.4 is 5.32 Å². The van der Waals surface area contributed by atoms with Crippen molar-refractivity contribution in [3.8, 4) is 0 Å². The van der Waals surface area contributed by atoms with Crippen LogP contribution >= 0.6 is 15.9 Å². The SMILES string of the molecule is Cc1c(Br)cnn1CC(=O)NC1CC1. The van der Waals surface area contributed by atoms with Gasteiger partial charge in [-0.1, -0.05) is 0 Å². The van der Waals surface area contributed by atoms with E-state index in [-0.39, 0.29) is 5.91 Å². The van der Waals surface area contributed by atoms with E-state index in [1.54, 1.807) is 10.9 Å². The van der Waals surface area contributed by atoms with Gasteiger partial charge in [-0.3, -0.25) is 9.48 Å². The molecule has 0 unspecified atom stereocenters. The quantitative estimate of drug-likeness (QED) is 0.886. The van der Waals surface area contributed by atoms with Crippen molar-refractivity contribution in [3.63, 3.8) is 0 Å². The molecular formula is C9H12BrN3O. The molecule has 1 fully saturated rings. The molecule has 0 aliphatic heterocycles. The minimum absolute atomic E-state index is 0.0474. The molecular weight excluding hydrogens is 246 g/mol.